The lowest BCUT2D eigenvalue weighted by atomic mass is 10.0. The van der Waals surface area contributed by atoms with Crippen LogP contribution in [0.2, 0.25) is 0 Å². The van der Waals surface area contributed by atoms with E-state index >= 15 is 0 Å². The van der Waals surface area contributed by atoms with Crippen LogP contribution in [-0.2, 0) is 17.8 Å². The Kier molecular flexibility index (Phi) is 10.7. The molecule has 0 unspecified atom stereocenters. The maximum absolute atomic E-state index is 5.42. The molecule has 0 atom stereocenters. The molecule has 0 aromatic heterocycles. The molecule has 0 bridgehead atoms. The highest BCUT2D eigenvalue weighted by Crippen LogP contribution is 2.13. The van der Waals surface area contributed by atoms with Gasteiger partial charge in [-0.15, -0.1) is 24.0 Å². The lowest BCUT2D eigenvalue weighted by Gasteiger charge is -2.35. The third-order valence-electron chi connectivity index (χ3n) is 5.82. The van der Waals surface area contributed by atoms with Crippen LogP contribution in [0, 0.1) is 0 Å². The van der Waals surface area contributed by atoms with Gasteiger partial charge in [-0.3, -0.25) is 9.89 Å². The molecule has 2 saturated heterocycles. The van der Waals surface area contributed by atoms with Crippen molar-refractivity contribution < 1.29 is 4.74 Å². The Morgan fingerprint density at radius 2 is 1.69 bits per heavy atom. The molecule has 3 rings (SSSR count). The molecule has 1 aromatic carbocycles. The molecule has 2 fully saturated rings. The number of morpholine rings is 1. The number of nitrogens with one attached hydrogen (secondary N) is 2. The molecule has 0 saturated carbocycles. The number of benzene rings is 1. The maximum Gasteiger partial charge on any atom is 0.191 e. The van der Waals surface area contributed by atoms with E-state index in [-0.39, 0.29) is 24.0 Å². The van der Waals surface area contributed by atoms with Gasteiger partial charge in [-0.05, 0) is 37.8 Å². The molecule has 0 amide bonds. The van der Waals surface area contributed by atoms with Crippen molar-refractivity contribution in [2.75, 3.05) is 46.4 Å². The molecule has 2 heterocycles. The smallest absolute Gasteiger partial charge is 0.191 e. The van der Waals surface area contributed by atoms with Crippen molar-refractivity contribution in [3.63, 3.8) is 0 Å². The first-order chi connectivity index (χ1) is 13.6. The van der Waals surface area contributed by atoms with Crippen LogP contribution in [0.15, 0.2) is 29.3 Å². The first-order valence-electron chi connectivity index (χ1n) is 10.7. The van der Waals surface area contributed by atoms with Gasteiger partial charge in [-0.25, -0.2) is 0 Å². The van der Waals surface area contributed by atoms with E-state index in [1.165, 1.54) is 24.0 Å². The number of hydrogen-bond donors (Lipinski definition) is 2. The van der Waals surface area contributed by atoms with Gasteiger partial charge in [-0.2, -0.15) is 0 Å². The average Bonchev–Trinajstić information content (AvgIpc) is 2.73. The minimum atomic E-state index is 0. The van der Waals surface area contributed by atoms with Crippen molar-refractivity contribution in [2.24, 2.45) is 4.99 Å². The van der Waals surface area contributed by atoms with Gasteiger partial charge in [0.25, 0.3) is 0 Å². The van der Waals surface area contributed by atoms with Gasteiger partial charge in [0.15, 0.2) is 5.96 Å². The monoisotopic (exact) mass is 515 g/mol. The first kappa shape index (κ1) is 24.4. The third kappa shape index (κ3) is 8.03. The minimum Gasteiger partial charge on any atom is -0.379 e. The summed E-state index contributed by atoms with van der Waals surface area (Å²) in [4.78, 5) is 9.41. The zero-order valence-electron chi connectivity index (χ0n) is 18.2. The predicted octanol–water partition coefficient (Wildman–Crippen LogP) is 2.67. The fraction of sp³-hybridized carbons (Fsp3) is 0.682. The van der Waals surface area contributed by atoms with Gasteiger partial charge in [0, 0.05) is 58.4 Å². The number of ether oxygens (including phenoxy) is 1. The molecule has 7 heteroatoms. The second-order valence-electron chi connectivity index (χ2n) is 8.18. The summed E-state index contributed by atoms with van der Waals surface area (Å²) in [5.41, 5.74) is 2.65. The molecule has 1 aromatic rings. The highest BCUT2D eigenvalue weighted by Gasteiger charge is 2.21. The van der Waals surface area contributed by atoms with Crippen LogP contribution >= 0.6 is 24.0 Å². The van der Waals surface area contributed by atoms with Crippen molar-refractivity contribution in [1.29, 1.82) is 0 Å². The van der Waals surface area contributed by atoms with E-state index in [0.717, 1.165) is 58.4 Å². The van der Waals surface area contributed by atoms with Crippen LogP contribution in [0.25, 0.3) is 0 Å². The van der Waals surface area contributed by atoms with E-state index in [1.54, 1.807) is 0 Å². The standard InChI is InChI=1S/C22H37N5O.HI/c1-18(2)27-10-8-21(9-11-27)25-22(23-3)24-16-19-4-6-20(7-5-19)17-26-12-14-28-15-13-26;/h4-7,18,21H,8-17H2,1-3H3,(H2,23,24,25);1H. The lowest BCUT2D eigenvalue weighted by Crippen LogP contribution is -2.49. The Balaban J connectivity index is 0.00000300. The maximum atomic E-state index is 5.42. The van der Waals surface area contributed by atoms with Crippen LogP contribution in [0.3, 0.4) is 0 Å². The Morgan fingerprint density at radius 1 is 1.07 bits per heavy atom. The Bertz CT molecular complexity index is 608. The summed E-state index contributed by atoms with van der Waals surface area (Å²) in [6.07, 6.45) is 2.35. The highest BCUT2D eigenvalue weighted by molar-refractivity contribution is 14.0. The van der Waals surface area contributed by atoms with Crippen LogP contribution in [0.4, 0.5) is 0 Å². The predicted molar refractivity (Wildman–Crippen MR) is 131 cm³/mol. The van der Waals surface area contributed by atoms with Crippen molar-refractivity contribution in [1.82, 2.24) is 20.4 Å². The Morgan fingerprint density at radius 3 is 2.28 bits per heavy atom. The molecule has 2 aliphatic heterocycles. The summed E-state index contributed by atoms with van der Waals surface area (Å²) < 4.78 is 5.42. The number of aliphatic imine (C=N–C) groups is 1. The molecule has 0 radical (unpaired) electrons. The fourth-order valence-corrected chi connectivity index (χ4v) is 3.91. The van der Waals surface area contributed by atoms with E-state index in [4.69, 9.17) is 4.74 Å². The summed E-state index contributed by atoms with van der Waals surface area (Å²) in [6, 6.07) is 10.1. The van der Waals surface area contributed by atoms with Gasteiger partial charge in [0.2, 0.25) is 0 Å². The van der Waals surface area contributed by atoms with Gasteiger partial charge in [-0.1, -0.05) is 24.3 Å². The van der Waals surface area contributed by atoms with Crippen molar-refractivity contribution in [3.8, 4) is 0 Å². The number of piperidine rings is 1. The summed E-state index contributed by atoms with van der Waals surface area (Å²) in [5.74, 6) is 0.903. The third-order valence-corrected chi connectivity index (χ3v) is 5.82. The van der Waals surface area contributed by atoms with Crippen LogP contribution < -0.4 is 10.6 Å². The molecule has 164 valence electrons. The molecule has 29 heavy (non-hydrogen) atoms. The van der Waals surface area contributed by atoms with Crippen molar-refractivity contribution in [2.45, 2.75) is 51.9 Å². The van der Waals surface area contributed by atoms with Crippen molar-refractivity contribution in [3.05, 3.63) is 35.4 Å². The molecule has 6 nitrogen and oxygen atoms in total. The highest BCUT2D eigenvalue weighted by atomic mass is 127. The van der Waals surface area contributed by atoms with Crippen molar-refractivity contribution >= 4 is 29.9 Å². The van der Waals surface area contributed by atoms with E-state index in [2.05, 4.69) is 63.5 Å². The minimum absolute atomic E-state index is 0. The largest absolute Gasteiger partial charge is 0.379 e. The topological polar surface area (TPSA) is 52.1 Å². The second-order valence-corrected chi connectivity index (χ2v) is 8.18. The Hall–Kier alpha value is -0.900. The molecule has 0 spiro atoms. The first-order valence-corrected chi connectivity index (χ1v) is 10.7. The molecular weight excluding hydrogens is 477 g/mol. The van der Waals surface area contributed by atoms with E-state index < -0.39 is 0 Å². The van der Waals surface area contributed by atoms with E-state index in [1.807, 2.05) is 7.05 Å². The van der Waals surface area contributed by atoms with Gasteiger partial charge in [0.1, 0.15) is 0 Å². The van der Waals surface area contributed by atoms with E-state index in [0.29, 0.717) is 12.1 Å². The van der Waals surface area contributed by atoms with Crippen LogP contribution in [-0.4, -0.2) is 74.3 Å². The molecule has 0 aliphatic carbocycles. The van der Waals surface area contributed by atoms with Crippen LogP contribution in [0.1, 0.15) is 37.8 Å². The second kappa shape index (κ2) is 12.7. The number of hydrogen-bond acceptors (Lipinski definition) is 4. The number of halogens is 1. The zero-order valence-corrected chi connectivity index (χ0v) is 20.5. The SMILES string of the molecule is CN=C(NCc1ccc(CN2CCOCC2)cc1)NC1CCN(C(C)C)CC1.I. The zero-order chi connectivity index (χ0) is 19.8. The van der Waals surface area contributed by atoms with Gasteiger partial charge < -0.3 is 20.3 Å². The fourth-order valence-electron chi connectivity index (χ4n) is 3.91. The number of likely N-dealkylation sites (tertiary alicyclic amines) is 1. The van der Waals surface area contributed by atoms with Crippen LogP contribution in [0.5, 0.6) is 0 Å². The quantitative estimate of drug-likeness (QED) is 0.347. The average molecular weight is 515 g/mol. The number of guanidine groups is 1. The Labute approximate surface area is 193 Å². The molecular formula is C22H38IN5O. The van der Waals surface area contributed by atoms with Gasteiger partial charge >= 0.3 is 0 Å². The summed E-state index contributed by atoms with van der Waals surface area (Å²) in [7, 11) is 1.85. The molecule has 2 N–H and O–H groups in total. The van der Waals surface area contributed by atoms with Gasteiger partial charge in [0.05, 0.1) is 13.2 Å². The summed E-state index contributed by atoms with van der Waals surface area (Å²) >= 11 is 0. The normalized spacial score (nSPS) is 19.8. The summed E-state index contributed by atoms with van der Waals surface area (Å²) in [5, 5.41) is 7.06. The van der Waals surface area contributed by atoms with E-state index in [9.17, 15) is 0 Å². The molecule has 2 aliphatic rings. The lowest BCUT2D eigenvalue weighted by molar-refractivity contribution is 0.0342. The summed E-state index contributed by atoms with van der Waals surface area (Å²) in [6.45, 7) is 12.4. The number of rotatable bonds is 6. The number of nitrogens with zero attached hydrogens (tertiary/aromatic N) is 3.